The minimum absolute atomic E-state index is 0.178. The summed E-state index contributed by atoms with van der Waals surface area (Å²) in [6, 6.07) is 0.498. The van der Waals surface area contributed by atoms with Crippen molar-refractivity contribution in [1.29, 1.82) is 0 Å². The standard InChI is InChI=1S/C14H26N6O/c1-4-20-11-16-17-13(20)9-15-12-5-7-19(8-6-12)10-14(21)18(2)3/h11-12,15H,4-10H2,1-3H3. The van der Waals surface area contributed by atoms with Crippen LogP contribution in [0.1, 0.15) is 25.6 Å². The van der Waals surface area contributed by atoms with Crippen molar-refractivity contribution in [2.24, 2.45) is 0 Å². The zero-order valence-electron chi connectivity index (χ0n) is 13.2. The molecule has 0 unspecified atom stereocenters. The van der Waals surface area contributed by atoms with Crippen LogP contribution in [0.4, 0.5) is 0 Å². The second-order valence-electron chi connectivity index (χ2n) is 5.75. The third kappa shape index (κ3) is 4.50. The summed E-state index contributed by atoms with van der Waals surface area (Å²) >= 11 is 0. The number of nitrogens with one attached hydrogen (secondary N) is 1. The lowest BCUT2D eigenvalue weighted by molar-refractivity contribution is -0.130. The molecule has 2 heterocycles. The Kier molecular flexibility index (Phi) is 5.69. The molecule has 1 amide bonds. The Bertz CT molecular complexity index is 450. The number of hydrogen-bond donors (Lipinski definition) is 1. The molecule has 7 heteroatoms. The summed E-state index contributed by atoms with van der Waals surface area (Å²) < 4.78 is 2.05. The zero-order chi connectivity index (χ0) is 15.2. The predicted octanol–water partition coefficient (Wildman–Crippen LogP) is -0.0598. The molecule has 21 heavy (non-hydrogen) atoms. The molecule has 0 bridgehead atoms. The normalized spacial score (nSPS) is 17.1. The topological polar surface area (TPSA) is 66.3 Å². The van der Waals surface area contributed by atoms with Crippen molar-refractivity contribution in [2.45, 2.75) is 38.9 Å². The molecule has 1 fully saturated rings. The van der Waals surface area contributed by atoms with E-state index in [0.717, 1.165) is 44.8 Å². The van der Waals surface area contributed by atoms with Gasteiger partial charge in [0.1, 0.15) is 12.2 Å². The number of aromatic nitrogens is 3. The summed E-state index contributed by atoms with van der Waals surface area (Å²) in [5, 5.41) is 11.6. The second-order valence-corrected chi connectivity index (χ2v) is 5.75. The largest absolute Gasteiger partial charge is 0.348 e. The van der Waals surface area contributed by atoms with E-state index in [9.17, 15) is 4.79 Å². The van der Waals surface area contributed by atoms with Gasteiger partial charge in [-0.2, -0.15) is 0 Å². The van der Waals surface area contributed by atoms with Crippen LogP contribution in [0.5, 0.6) is 0 Å². The Morgan fingerprint density at radius 1 is 1.43 bits per heavy atom. The van der Waals surface area contributed by atoms with E-state index in [1.807, 2.05) is 0 Å². The van der Waals surface area contributed by atoms with Gasteiger partial charge in [0.15, 0.2) is 0 Å². The number of likely N-dealkylation sites (tertiary alicyclic amines) is 1. The number of carbonyl (C=O) groups is 1. The van der Waals surface area contributed by atoms with Crippen LogP contribution in [-0.4, -0.2) is 70.2 Å². The lowest BCUT2D eigenvalue weighted by Crippen LogP contribution is -2.45. The summed E-state index contributed by atoms with van der Waals surface area (Å²) in [5.41, 5.74) is 0. The van der Waals surface area contributed by atoms with E-state index >= 15 is 0 Å². The van der Waals surface area contributed by atoms with E-state index in [1.54, 1.807) is 25.3 Å². The Hall–Kier alpha value is -1.47. The lowest BCUT2D eigenvalue weighted by Gasteiger charge is -2.32. The Morgan fingerprint density at radius 2 is 2.14 bits per heavy atom. The fourth-order valence-electron chi connectivity index (χ4n) is 2.54. The second kappa shape index (κ2) is 7.51. The van der Waals surface area contributed by atoms with E-state index in [4.69, 9.17) is 0 Å². The lowest BCUT2D eigenvalue weighted by atomic mass is 10.1. The minimum atomic E-state index is 0.178. The third-order valence-corrected chi connectivity index (χ3v) is 4.03. The highest BCUT2D eigenvalue weighted by Crippen LogP contribution is 2.11. The first kappa shape index (κ1) is 15.9. The van der Waals surface area contributed by atoms with Crippen LogP contribution >= 0.6 is 0 Å². The van der Waals surface area contributed by atoms with Gasteiger partial charge in [-0.15, -0.1) is 10.2 Å². The summed E-state index contributed by atoms with van der Waals surface area (Å²) in [7, 11) is 3.61. The molecule has 0 spiro atoms. The van der Waals surface area contributed by atoms with Crippen molar-refractivity contribution in [3.8, 4) is 0 Å². The molecule has 0 atom stereocenters. The first-order valence-electron chi connectivity index (χ1n) is 7.62. The van der Waals surface area contributed by atoms with Gasteiger partial charge in [-0.3, -0.25) is 9.69 Å². The molecule has 1 aromatic rings. The van der Waals surface area contributed by atoms with Crippen molar-refractivity contribution in [2.75, 3.05) is 33.7 Å². The molecule has 1 aromatic heterocycles. The SMILES string of the molecule is CCn1cnnc1CNC1CCN(CC(=O)N(C)C)CC1. The molecule has 1 N–H and O–H groups in total. The van der Waals surface area contributed by atoms with Gasteiger partial charge < -0.3 is 14.8 Å². The van der Waals surface area contributed by atoms with Gasteiger partial charge in [0.05, 0.1) is 13.1 Å². The van der Waals surface area contributed by atoms with E-state index in [1.165, 1.54) is 0 Å². The van der Waals surface area contributed by atoms with Crippen LogP contribution in [0.3, 0.4) is 0 Å². The minimum Gasteiger partial charge on any atom is -0.348 e. The fourth-order valence-corrected chi connectivity index (χ4v) is 2.54. The van der Waals surface area contributed by atoms with Gasteiger partial charge in [-0.25, -0.2) is 0 Å². The van der Waals surface area contributed by atoms with Crippen LogP contribution in [0.2, 0.25) is 0 Å². The van der Waals surface area contributed by atoms with E-state index in [-0.39, 0.29) is 5.91 Å². The van der Waals surface area contributed by atoms with E-state index in [2.05, 4.69) is 31.9 Å². The predicted molar refractivity (Wildman–Crippen MR) is 80.7 cm³/mol. The third-order valence-electron chi connectivity index (χ3n) is 4.03. The maximum atomic E-state index is 11.7. The van der Waals surface area contributed by atoms with Gasteiger partial charge in [-0.1, -0.05) is 0 Å². The number of amides is 1. The number of likely N-dealkylation sites (N-methyl/N-ethyl adjacent to an activating group) is 1. The van der Waals surface area contributed by atoms with Crippen LogP contribution < -0.4 is 5.32 Å². The molecule has 7 nitrogen and oxygen atoms in total. The molecule has 1 aliphatic heterocycles. The van der Waals surface area contributed by atoms with Crippen molar-refractivity contribution >= 4 is 5.91 Å². The molecule has 118 valence electrons. The number of rotatable bonds is 6. The first-order chi connectivity index (χ1) is 10.1. The number of piperidine rings is 1. The van der Waals surface area contributed by atoms with Crippen molar-refractivity contribution in [3.63, 3.8) is 0 Å². The van der Waals surface area contributed by atoms with Crippen molar-refractivity contribution in [1.82, 2.24) is 29.9 Å². The first-order valence-corrected chi connectivity index (χ1v) is 7.62. The van der Waals surface area contributed by atoms with E-state index in [0.29, 0.717) is 12.6 Å². The quantitative estimate of drug-likeness (QED) is 0.796. The molecular weight excluding hydrogens is 268 g/mol. The van der Waals surface area contributed by atoms with Gasteiger partial charge in [0, 0.05) is 39.8 Å². The average molecular weight is 294 g/mol. The zero-order valence-corrected chi connectivity index (χ0v) is 13.2. The summed E-state index contributed by atoms with van der Waals surface area (Å²) in [4.78, 5) is 15.6. The van der Waals surface area contributed by atoms with Gasteiger partial charge >= 0.3 is 0 Å². The van der Waals surface area contributed by atoms with Crippen LogP contribution in [-0.2, 0) is 17.9 Å². The maximum absolute atomic E-state index is 11.7. The van der Waals surface area contributed by atoms with Crippen LogP contribution in [0, 0.1) is 0 Å². The molecule has 1 saturated heterocycles. The van der Waals surface area contributed by atoms with Gasteiger partial charge in [0.25, 0.3) is 0 Å². The highest BCUT2D eigenvalue weighted by molar-refractivity contribution is 5.77. The summed E-state index contributed by atoms with van der Waals surface area (Å²) in [6.07, 6.45) is 3.91. The Balaban J connectivity index is 1.71. The van der Waals surface area contributed by atoms with Crippen LogP contribution in [0.15, 0.2) is 6.33 Å². The summed E-state index contributed by atoms with van der Waals surface area (Å²) in [5.74, 6) is 1.17. The number of carbonyl (C=O) groups excluding carboxylic acids is 1. The highest BCUT2D eigenvalue weighted by Gasteiger charge is 2.21. The molecule has 1 aliphatic rings. The molecule has 0 saturated carbocycles. The van der Waals surface area contributed by atoms with Crippen molar-refractivity contribution in [3.05, 3.63) is 12.2 Å². The molecule has 0 aliphatic carbocycles. The summed E-state index contributed by atoms with van der Waals surface area (Å²) in [6.45, 7) is 6.22. The van der Waals surface area contributed by atoms with Gasteiger partial charge in [0.2, 0.25) is 5.91 Å². The van der Waals surface area contributed by atoms with Gasteiger partial charge in [-0.05, 0) is 19.8 Å². The molecular formula is C14H26N6O. The maximum Gasteiger partial charge on any atom is 0.236 e. The Morgan fingerprint density at radius 3 is 2.76 bits per heavy atom. The average Bonchev–Trinajstić information content (AvgIpc) is 2.94. The monoisotopic (exact) mass is 294 g/mol. The Labute approximate surface area is 126 Å². The molecule has 0 radical (unpaired) electrons. The number of aryl methyl sites for hydroxylation is 1. The highest BCUT2D eigenvalue weighted by atomic mass is 16.2. The molecule has 0 aromatic carbocycles. The number of hydrogen-bond acceptors (Lipinski definition) is 5. The fraction of sp³-hybridized carbons (Fsp3) is 0.786. The van der Waals surface area contributed by atoms with Crippen LogP contribution in [0.25, 0.3) is 0 Å². The van der Waals surface area contributed by atoms with E-state index < -0.39 is 0 Å². The van der Waals surface area contributed by atoms with Crippen molar-refractivity contribution < 1.29 is 4.79 Å². The molecule has 2 rings (SSSR count). The smallest absolute Gasteiger partial charge is 0.236 e. The number of nitrogens with zero attached hydrogens (tertiary/aromatic N) is 5.